The summed E-state index contributed by atoms with van der Waals surface area (Å²) in [5.74, 6) is 0.969. The first kappa shape index (κ1) is 13.3. The van der Waals surface area contributed by atoms with Crippen LogP contribution in [0.15, 0.2) is 40.1 Å². The number of thiazole rings is 1. The van der Waals surface area contributed by atoms with Gasteiger partial charge in [0.1, 0.15) is 11.5 Å². The van der Waals surface area contributed by atoms with Crippen LogP contribution in [0.25, 0.3) is 22.8 Å². The maximum atomic E-state index is 11.2. The molecule has 0 fully saturated rings. The molecule has 0 bridgehead atoms. The van der Waals surface area contributed by atoms with Gasteiger partial charge in [0.25, 0.3) is 5.69 Å². The van der Waals surface area contributed by atoms with E-state index in [4.69, 9.17) is 10.2 Å². The lowest BCUT2D eigenvalue weighted by Gasteiger charge is -2.01. The summed E-state index contributed by atoms with van der Waals surface area (Å²) < 4.78 is 5.68. The van der Waals surface area contributed by atoms with Crippen molar-refractivity contribution in [2.24, 2.45) is 0 Å². The molecule has 0 unspecified atom stereocenters. The van der Waals surface area contributed by atoms with Gasteiger partial charge >= 0.3 is 0 Å². The Bertz CT molecular complexity index is 822. The zero-order valence-corrected chi connectivity index (χ0v) is 11.9. The summed E-state index contributed by atoms with van der Waals surface area (Å²) in [5, 5.41) is 13.4. The Hall–Kier alpha value is -2.67. The van der Waals surface area contributed by atoms with Crippen LogP contribution in [0.1, 0.15) is 5.56 Å². The fourth-order valence-electron chi connectivity index (χ4n) is 2.02. The molecule has 3 aromatic rings. The molecule has 2 N–H and O–H groups in total. The molecule has 1 aromatic carbocycles. The van der Waals surface area contributed by atoms with Crippen LogP contribution in [-0.2, 0) is 0 Å². The Morgan fingerprint density at radius 2 is 2.05 bits per heavy atom. The summed E-state index contributed by atoms with van der Waals surface area (Å²) >= 11 is 1.31. The Balaban J connectivity index is 2.06. The van der Waals surface area contributed by atoms with Gasteiger partial charge in [-0.15, -0.1) is 11.3 Å². The third kappa shape index (κ3) is 2.50. The van der Waals surface area contributed by atoms with Gasteiger partial charge in [0.05, 0.1) is 10.5 Å². The van der Waals surface area contributed by atoms with Crippen molar-refractivity contribution >= 4 is 22.2 Å². The Morgan fingerprint density at radius 3 is 2.71 bits per heavy atom. The van der Waals surface area contributed by atoms with E-state index in [1.807, 2.05) is 13.0 Å². The number of nitrogens with two attached hydrogens (primary N) is 1. The highest BCUT2D eigenvalue weighted by molar-refractivity contribution is 7.13. The molecule has 7 heteroatoms. The molecule has 0 atom stereocenters. The highest BCUT2D eigenvalue weighted by Gasteiger charge is 2.19. The molecule has 0 amide bonds. The number of aromatic nitrogens is 1. The quantitative estimate of drug-likeness (QED) is 0.585. The maximum absolute atomic E-state index is 11.2. The number of nitrogens with zero attached hydrogens (tertiary/aromatic N) is 2. The summed E-state index contributed by atoms with van der Waals surface area (Å²) in [6.07, 6.45) is 0. The third-order valence-corrected chi connectivity index (χ3v) is 3.67. The smallest absolute Gasteiger partial charge is 0.280 e. The number of hydrogen-bond acceptors (Lipinski definition) is 6. The lowest BCUT2D eigenvalue weighted by Crippen LogP contribution is -1.92. The highest BCUT2D eigenvalue weighted by atomic mass is 32.1. The summed E-state index contributed by atoms with van der Waals surface area (Å²) in [7, 11) is 0. The molecular formula is C14H11N3O3S. The van der Waals surface area contributed by atoms with Crippen molar-refractivity contribution in [2.75, 3.05) is 5.73 Å². The number of aryl methyl sites for hydroxylation is 1. The molecule has 6 nitrogen and oxygen atoms in total. The van der Waals surface area contributed by atoms with Crippen LogP contribution in [0, 0.1) is 17.0 Å². The van der Waals surface area contributed by atoms with E-state index in [0.717, 1.165) is 5.56 Å². The normalized spacial score (nSPS) is 10.7. The van der Waals surface area contributed by atoms with Crippen molar-refractivity contribution in [2.45, 2.75) is 6.92 Å². The molecule has 0 spiro atoms. The molecule has 106 valence electrons. The van der Waals surface area contributed by atoms with E-state index in [1.165, 1.54) is 17.4 Å². The summed E-state index contributed by atoms with van der Waals surface area (Å²) in [5.41, 5.74) is 7.50. The minimum Gasteiger partial charge on any atom is -0.454 e. The van der Waals surface area contributed by atoms with Crippen LogP contribution in [0.4, 0.5) is 10.8 Å². The standard InChI is InChI=1S/C14H11N3O3S/c1-8-2-3-9(11(6-8)17(18)19)12-4-5-13(20-12)10-7-21-14(15)16-10/h2-7H,1H3,(H2,15,16). The average molecular weight is 301 g/mol. The predicted octanol–water partition coefficient (Wildman–Crippen LogP) is 3.87. The van der Waals surface area contributed by atoms with Crippen molar-refractivity contribution in [3.63, 3.8) is 0 Å². The Labute approximate surface area is 124 Å². The van der Waals surface area contributed by atoms with Gasteiger partial charge in [0, 0.05) is 11.4 Å². The first-order valence-electron chi connectivity index (χ1n) is 6.11. The van der Waals surface area contributed by atoms with E-state index in [2.05, 4.69) is 4.98 Å². The molecule has 2 aromatic heterocycles. The van der Waals surface area contributed by atoms with Gasteiger partial charge in [-0.3, -0.25) is 10.1 Å². The number of hydrogen-bond donors (Lipinski definition) is 1. The van der Waals surface area contributed by atoms with Crippen molar-refractivity contribution in [3.05, 3.63) is 51.4 Å². The summed E-state index contributed by atoms with van der Waals surface area (Å²) in [6.45, 7) is 1.81. The zero-order valence-electron chi connectivity index (χ0n) is 11.1. The lowest BCUT2D eigenvalue weighted by atomic mass is 10.1. The van der Waals surface area contributed by atoms with Gasteiger partial charge in [-0.05, 0) is 30.7 Å². The molecule has 21 heavy (non-hydrogen) atoms. The van der Waals surface area contributed by atoms with Gasteiger partial charge in [0.15, 0.2) is 10.9 Å². The summed E-state index contributed by atoms with van der Waals surface area (Å²) in [4.78, 5) is 14.9. The van der Waals surface area contributed by atoms with Crippen LogP contribution in [0.3, 0.4) is 0 Å². The molecule has 0 radical (unpaired) electrons. The number of benzene rings is 1. The van der Waals surface area contributed by atoms with E-state index >= 15 is 0 Å². The molecule has 0 saturated heterocycles. The van der Waals surface area contributed by atoms with Crippen LogP contribution < -0.4 is 5.73 Å². The van der Waals surface area contributed by atoms with Gasteiger partial charge in [0.2, 0.25) is 0 Å². The van der Waals surface area contributed by atoms with Crippen LogP contribution >= 0.6 is 11.3 Å². The van der Waals surface area contributed by atoms with Gasteiger partial charge in [-0.1, -0.05) is 6.07 Å². The maximum Gasteiger partial charge on any atom is 0.280 e. The largest absolute Gasteiger partial charge is 0.454 e. The molecular weight excluding hydrogens is 290 g/mol. The zero-order chi connectivity index (χ0) is 15.0. The fraction of sp³-hybridized carbons (Fsp3) is 0.0714. The molecule has 2 heterocycles. The van der Waals surface area contributed by atoms with Crippen molar-refractivity contribution < 1.29 is 9.34 Å². The van der Waals surface area contributed by atoms with E-state index in [1.54, 1.807) is 23.6 Å². The fourth-order valence-corrected chi connectivity index (χ4v) is 2.57. The SMILES string of the molecule is Cc1ccc(-c2ccc(-c3csc(N)n3)o2)c([N+](=O)[O-])c1. The van der Waals surface area contributed by atoms with Gasteiger partial charge in [-0.2, -0.15) is 0 Å². The molecule has 0 saturated carbocycles. The first-order valence-corrected chi connectivity index (χ1v) is 6.99. The van der Waals surface area contributed by atoms with Crippen LogP contribution in [0.2, 0.25) is 0 Å². The monoisotopic (exact) mass is 301 g/mol. The molecule has 0 aliphatic heterocycles. The Morgan fingerprint density at radius 1 is 1.29 bits per heavy atom. The van der Waals surface area contributed by atoms with Crippen molar-refractivity contribution in [3.8, 4) is 22.8 Å². The minimum atomic E-state index is -0.411. The van der Waals surface area contributed by atoms with Crippen molar-refractivity contribution in [1.29, 1.82) is 0 Å². The van der Waals surface area contributed by atoms with E-state index in [-0.39, 0.29) is 5.69 Å². The van der Waals surface area contributed by atoms with Crippen molar-refractivity contribution in [1.82, 2.24) is 4.98 Å². The number of furan rings is 1. The predicted molar refractivity (Wildman–Crippen MR) is 81.1 cm³/mol. The third-order valence-electron chi connectivity index (χ3n) is 3.00. The topological polar surface area (TPSA) is 95.2 Å². The summed E-state index contributed by atoms with van der Waals surface area (Å²) in [6, 6.07) is 8.45. The molecule has 3 rings (SSSR count). The first-order chi connectivity index (χ1) is 10.0. The van der Waals surface area contributed by atoms with Gasteiger partial charge < -0.3 is 10.2 Å². The number of rotatable bonds is 3. The number of nitrogen functional groups attached to an aromatic ring is 1. The molecule has 0 aliphatic rings. The van der Waals surface area contributed by atoms with E-state index in [0.29, 0.717) is 27.9 Å². The second kappa shape index (κ2) is 5.02. The second-order valence-electron chi connectivity index (χ2n) is 4.51. The Kier molecular flexibility index (Phi) is 3.19. The van der Waals surface area contributed by atoms with Crippen LogP contribution in [-0.4, -0.2) is 9.91 Å². The average Bonchev–Trinajstić information content (AvgIpc) is 3.07. The number of nitro groups is 1. The van der Waals surface area contributed by atoms with Crippen LogP contribution in [0.5, 0.6) is 0 Å². The number of anilines is 1. The van der Waals surface area contributed by atoms with E-state index < -0.39 is 4.92 Å². The minimum absolute atomic E-state index is 0.0219. The molecule has 0 aliphatic carbocycles. The number of nitro benzene ring substituents is 1. The second-order valence-corrected chi connectivity index (χ2v) is 5.40. The highest BCUT2D eigenvalue weighted by Crippen LogP contribution is 2.34. The van der Waals surface area contributed by atoms with E-state index in [9.17, 15) is 10.1 Å². The van der Waals surface area contributed by atoms with Gasteiger partial charge in [-0.25, -0.2) is 4.98 Å². The lowest BCUT2D eigenvalue weighted by molar-refractivity contribution is -0.384.